The first kappa shape index (κ1) is 29.8. The van der Waals surface area contributed by atoms with Crippen molar-refractivity contribution in [2.24, 2.45) is 0 Å². The van der Waals surface area contributed by atoms with Crippen molar-refractivity contribution in [3.05, 3.63) is 96.3 Å². The molecule has 0 saturated carbocycles. The number of fused-ring (bicyclic) bond motifs is 1. The molecule has 0 aliphatic heterocycles. The summed E-state index contributed by atoms with van der Waals surface area (Å²) in [6.07, 6.45) is 3.13. The van der Waals surface area contributed by atoms with Crippen LogP contribution in [-0.2, 0) is 23.1 Å². The average Bonchev–Trinajstić information content (AvgIpc) is 3.68. The summed E-state index contributed by atoms with van der Waals surface area (Å²) >= 11 is 0. The van der Waals surface area contributed by atoms with Crippen LogP contribution in [0, 0.1) is 0 Å². The zero-order valence-electron chi connectivity index (χ0n) is 23.7. The fourth-order valence-corrected chi connectivity index (χ4v) is 5.52. The lowest BCUT2D eigenvalue weighted by Gasteiger charge is -2.28. The van der Waals surface area contributed by atoms with E-state index in [0.29, 0.717) is 35.7 Å². The minimum atomic E-state index is -3.74. The Balaban J connectivity index is 1.15. The largest absolute Gasteiger partial charge is 0.387 e. The topological polar surface area (TPSA) is 180 Å². The number of β-amino-alcohol motifs (C(OH)–C–C–N with tert-alkyl or cyclic N) is 1. The Morgan fingerprint density at radius 1 is 1.07 bits per heavy atom. The Kier molecular flexibility index (Phi) is 8.80. The molecule has 0 radical (unpaired) electrons. The molecule has 3 aromatic heterocycles. The molecule has 224 valence electrons. The second-order valence-electron chi connectivity index (χ2n) is 10.7. The quantitative estimate of drug-likeness (QED) is 0.135. The lowest BCUT2D eigenvalue weighted by atomic mass is 9.99. The first-order valence-corrected chi connectivity index (χ1v) is 15.1. The third-order valence-electron chi connectivity index (χ3n) is 6.95. The summed E-state index contributed by atoms with van der Waals surface area (Å²) in [6.45, 7) is 5.18. The Hall–Kier alpha value is -4.66. The summed E-state index contributed by atoms with van der Waals surface area (Å²) in [6, 6.07) is 18.4. The SMILES string of the molecule is CC(C)(CCn1ccc2cc(C(=O)NCc3ncn[nH]3)nnc21)NC[C@H](O)c1cccc(NS(=O)(=O)c2ccccc2)c1. The minimum Gasteiger partial charge on any atom is -0.387 e. The fourth-order valence-electron chi connectivity index (χ4n) is 4.45. The predicted molar refractivity (Wildman–Crippen MR) is 160 cm³/mol. The molecule has 0 saturated heterocycles. The van der Waals surface area contributed by atoms with Crippen molar-refractivity contribution in [2.45, 2.75) is 49.9 Å². The highest BCUT2D eigenvalue weighted by Crippen LogP contribution is 2.22. The Morgan fingerprint density at radius 2 is 1.88 bits per heavy atom. The lowest BCUT2D eigenvalue weighted by molar-refractivity contribution is 0.0944. The van der Waals surface area contributed by atoms with Gasteiger partial charge in [0, 0.05) is 35.9 Å². The highest BCUT2D eigenvalue weighted by molar-refractivity contribution is 7.92. The Bertz CT molecular complexity index is 1790. The number of amides is 1. The van der Waals surface area contributed by atoms with E-state index in [1.807, 2.05) is 30.7 Å². The maximum absolute atomic E-state index is 12.7. The number of hydrogen-bond acceptors (Lipinski definition) is 9. The number of anilines is 1. The lowest BCUT2D eigenvalue weighted by Crippen LogP contribution is -2.42. The molecule has 5 aromatic rings. The Morgan fingerprint density at radius 3 is 2.65 bits per heavy atom. The molecule has 0 unspecified atom stereocenters. The monoisotopic (exact) mass is 603 g/mol. The van der Waals surface area contributed by atoms with Crippen LogP contribution in [0.25, 0.3) is 11.0 Å². The van der Waals surface area contributed by atoms with Crippen molar-refractivity contribution in [1.29, 1.82) is 0 Å². The summed E-state index contributed by atoms with van der Waals surface area (Å²) < 4.78 is 29.9. The molecule has 14 heteroatoms. The smallest absolute Gasteiger partial charge is 0.272 e. The number of aromatic nitrogens is 6. The fraction of sp³-hybridized carbons (Fsp3) is 0.276. The normalized spacial score (nSPS) is 12.7. The molecule has 0 fully saturated rings. The molecular formula is C29H33N9O4S. The molecule has 0 aliphatic carbocycles. The maximum Gasteiger partial charge on any atom is 0.272 e. The molecule has 0 aliphatic rings. The summed E-state index contributed by atoms with van der Waals surface area (Å²) in [5, 5.41) is 32.6. The van der Waals surface area contributed by atoms with Crippen LogP contribution < -0.4 is 15.4 Å². The van der Waals surface area contributed by atoms with Gasteiger partial charge < -0.3 is 20.3 Å². The van der Waals surface area contributed by atoms with Gasteiger partial charge in [-0.25, -0.2) is 13.4 Å². The molecule has 0 bridgehead atoms. The van der Waals surface area contributed by atoms with Gasteiger partial charge in [-0.05, 0) is 62.2 Å². The average molecular weight is 604 g/mol. The number of sulfonamides is 1. The number of aliphatic hydroxyl groups excluding tert-OH is 1. The molecule has 2 aromatic carbocycles. The molecule has 0 spiro atoms. The number of rotatable bonds is 13. The predicted octanol–water partition coefficient (Wildman–Crippen LogP) is 2.77. The highest BCUT2D eigenvalue weighted by atomic mass is 32.2. The van der Waals surface area contributed by atoms with Gasteiger partial charge in [-0.3, -0.25) is 14.6 Å². The van der Waals surface area contributed by atoms with Gasteiger partial charge in [0.15, 0.2) is 11.3 Å². The van der Waals surface area contributed by atoms with Crippen LogP contribution in [0.15, 0.2) is 84.1 Å². The van der Waals surface area contributed by atoms with Crippen molar-refractivity contribution in [3.63, 3.8) is 0 Å². The third kappa shape index (κ3) is 7.60. The van der Waals surface area contributed by atoms with Crippen LogP contribution >= 0.6 is 0 Å². The van der Waals surface area contributed by atoms with Gasteiger partial charge in [0.05, 0.1) is 17.5 Å². The van der Waals surface area contributed by atoms with Crippen LogP contribution in [-0.4, -0.2) is 61.5 Å². The van der Waals surface area contributed by atoms with Gasteiger partial charge >= 0.3 is 0 Å². The van der Waals surface area contributed by atoms with Crippen molar-refractivity contribution >= 4 is 32.7 Å². The first-order valence-electron chi connectivity index (χ1n) is 13.7. The van der Waals surface area contributed by atoms with Gasteiger partial charge in [0.25, 0.3) is 15.9 Å². The standard InChI is InChI=1S/C29H33N9O4S/c1-29(2,32-17-25(39)20-7-6-8-22(15-20)37-43(41,42)23-9-4-3-5-10-23)12-14-38-13-11-21-16-24(34-36-27(21)38)28(40)30-18-26-31-19-33-35-26/h3-11,13,15-16,19,25,32,37,39H,12,14,17-18H2,1-2H3,(H,30,40)(H,31,33,35)/t25-/m0/s1. The molecular weight excluding hydrogens is 570 g/mol. The Labute approximate surface area is 248 Å². The first-order chi connectivity index (χ1) is 20.6. The number of carbonyl (C=O) groups excluding carboxylic acids is 1. The van der Waals surface area contributed by atoms with E-state index in [-0.39, 0.29) is 35.1 Å². The van der Waals surface area contributed by atoms with Gasteiger partial charge in [0.1, 0.15) is 12.2 Å². The van der Waals surface area contributed by atoms with E-state index in [1.54, 1.807) is 48.5 Å². The molecule has 43 heavy (non-hydrogen) atoms. The van der Waals surface area contributed by atoms with Gasteiger partial charge in [-0.1, -0.05) is 30.3 Å². The number of hydrogen-bond donors (Lipinski definition) is 5. The van der Waals surface area contributed by atoms with E-state index in [1.165, 1.54) is 18.5 Å². The number of nitrogens with zero attached hydrogens (tertiary/aromatic N) is 5. The van der Waals surface area contributed by atoms with Crippen molar-refractivity contribution in [1.82, 2.24) is 40.6 Å². The van der Waals surface area contributed by atoms with Crippen molar-refractivity contribution in [2.75, 3.05) is 11.3 Å². The van der Waals surface area contributed by atoms with E-state index < -0.39 is 16.1 Å². The third-order valence-corrected chi connectivity index (χ3v) is 8.35. The highest BCUT2D eigenvalue weighted by Gasteiger charge is 2.21. The van der Waals surface area contributed by atoms with Crippen LogP contribution in [0.2, 0.25) is 0 Å². The zero-order chi connectivity index (χ0) is 30.5. The second kappa shape index (κ2) is 12.7. The number of aryl methyl sites for hydroxylation is 1. The number of aliphatic hydroxyl groups is 1. The number of H-pyrrole nitrogens is 1. The van der Waals surface area contributed by atoms with Crippen LogP contribution in [0.5, 0.6) is 0 Å². The van der Waals surface area contributed by atoms with Crippen LogP contribution in [0.1, 0.15) is 48.2 Å². The van der Waals surface area contributed by atoms with Crippen LogP contribution in [0.3, 0.4) is 0 Å². The summed E-state index contributed by atoms with van der Waals surface area (Å²) in [5.74, 6) is 0.179. The van der Waals surface area contributed by atoms with Crippen molar-refractivity contribution in [3.8, 4) is 0 Å². The van der Waals surface area contributed by atoms with E-state index in [2.05, 4.69) is 40.7 Å². The molecule has 13 nitrogen and oxygen atoms in total. The second-order valence-corrected chi connectivity index (χ2v) is 12.4. The van der Waals surface area contributed by atoms with E-state index in [0.717, 1.165) is 5.39 Å². The summed E-state index contributed by atoms with van der Waals surface area (Å²) in [4.78, 5) is 16.6. The van der Waals surface area contributed by atoms with Gasteiger partial charge in [0.2, 0.25) is 0 Å². The molecule has 5 N–H and O–H groups in total. The van der Waals surface area contributed by atoms with Crippen LogP contribution in [0.4, 0.5) is 5.69 Å². The minimum absolute atomic E-state index is 0.163. The summed E-state index contributed by atoms with van der Waals surface area (Å²) in [5.41, 5.74) is 1.48. The van der Waals surface area contributed by atoms with E-state index in [9.17, 15) is 18.3 Å². The van der Waals surface area contributed by atoms with Crippen molar-refractivity contribution < 1.29 is 18.3 Å². The summed E-state index contributed by atoms with van der Waals surface area (Å²) in [7, 11) is -3.74. The molecule has 3 heterocycles. The maximum atomic E-state index is 12.7. The van der Waals surface area contributed by atoms with Gasteiger partial charge in [-0.15, -0.1) is 10.2 Å². The number of benzene rings is 2. The van der Waals surface area contributed by atoms with Gasteiger partial charge in [-0.2, -0.15) is 5.10 Å². The number of nitrogens with one attached hydrogen (secondary N) is 4. The number of carbonyl (C=O) groups is 1. The van der Waals surface area contributed by atoms with E-state index in [4.69, 9.17) is 0 Å². The van der Waals surface area contributed by atoms with E-state index >= 15 is 0 Å². The molecule has 1 amide bonds. The zero-order valence-corrected chi connectivity index (χ0v) is 24.5. The molecule has 5 rings (SSSR count). The number of aromatic amines is 1. The molecule has 1 atom stereocenters.